The molecule has 0 fully saturated rings. The molecule has 0 bridgehead atoms. The van der Waals surface area contributed by atoms with Crippen molar-refractivity contribution in [2.24, 2.45) is 0 Å². The number of hydrogen-bond donors (Lipinski definition) is 1. The van der Waals surface area contributed by atoms with Crippen LogP contribution in [0.2, 0.25) is 0 Å². The molecule has 1 heterocycles. The maximum absolute atomic E-state index is 12.0. The van der Waals surface area contributed by atoms with Gasteiger partial charge in [0.2, 0.25) is 0 Å². The van der Waals surface area contributed by atoms with Crippen LogP contribution >= 0.6 is 0 Å². The van der Waals surface area contributed by atoms with Gasteiger partial charge in [0.1, 0.15) is 6.54 Å². The Morgan fingerprint density at radius 3 is 2.95 bits per heavy atom. The van der Waals surface area contributed by atoms with Gasteiger partial charge in [-0.3, -0.25) is 9.48 Å². The van der Waals surface area contributed by atoms with Crippen LogP contribution in [0.1, 0.15) is 53.8 Å². The van der Waals surface area contributed by atoms with Gasteiger partial charge in [0.15, 0.2) is 5.69 Å². The first kappa shape index (κ1) is 15.0. The van der Waals surface area contributed by atoms with Crippen molar-refractivity contribution in [1.29, 1.82) is 5.26 Å². The SMILES string of the molecule is CCOC(=O)c1nn(CC#N)c2c1C(CC(=O)O)CCC2. The number of rotatable bonds is 5. The molecule has 0 spiro atoms. The molecule has 1 unspecified atom stereocenters. The Morgan fingerprint density at radius 2 is 2.33 bits per heavy atom. The lowest BCUT2D eigenvalue weighted by atomic mass is 9.83. The van der Waals surface area contributed by atoms with Crippen LogP contribution in [0.5, 0.6) is 0 Å². The predicted octanol–water partition coefficient (Wildman–Crippen LogP) is 1.48. The number of carboxylic acids is 1. The Hall–Kier alpha value is -2.36. The van der Waals surface area contributed by atoms with Gasteiger partial charge in [-0.05, 0) is 32.1 Å². The smallest absolute Gasteiger partial charge is 0.359 e. The molecule has 0 radical (unpaired) electrons. The van der Waals surface area contributed by atoms with E-state index < -0.39 is 11.9 Å². The lowest BCUT2D eigenvalue weighted by molar-refractivity contribution is -0.137. The van der Waals surface area contributed by atoms with Crippen LogP contribution in [-0.4, -0.2) is 33.4 Å². The van der Waals surface area contributed by atoms with Crippen LogP contribution in [0.4, 0.5) is 0 Å². The second-order valence-corrected chi connectivity index (χ2v) is 4.93. The van der Waals surface area contributed by atoms with Crippen LogP contribution in [0.15, 0.2) is 0 Å². The zero-order valence-corrected chi connectivity index (χ0v) is 11.8. The largest absolute Gasteiger partial charge is 0.481 e. The van der Waals surface area contributed by atoms with Gasteiger partial charge in [0.25, 0.3) is 0 Å². The van der Waals surface area contributed by atoms with E-state index in [-0.39, 0.29) is 31.2 Å². The van der Waals surface area contributed by atoms with E-state index in [0.717, 1.165) is 12.1 Å². The van der Waals surface area contributed by atoms with Gasteiger partial charge < -0.3 is 9.84 Å². The molecule has 21 heavy (non-hydrogen) atoms. The van der Waals surface area contributed by atoms with Gasteiger partial charge in [0, 0.05) is 11.3 Å². The Morgan fingerprint density at radius 1 is 1.57 bits per heavy atom. The van der Waals surface area contributed by atoms with Gasteiger partial charge in [-0.25, -0.2) is 4.79 Å². The highest BCUT2D eigenvalue weighted by Gasteiger charge is 2.33. The number of aromatic nitrogens is 2. The van der Waals surface area contributed by atoms with Crippen LogP contribution in [0, 0.1) is 11.3 Å². The number of carbonyl (C=O) groups is 2. The van der Waals surface area contributed by atoms with Crippen LogP contribution < -0.4 is 0 Å². The molecule has 7 nitrogen and oxygen atoms in total. The number of nitrogens with zero attached hydrogens (tertiary/aromatic N) is 3. The third-order valence-electron chi connectivity index (χ3n) is 3.58. The summed E-state index contributed by atoms with van der Waals surface area (Å²) >= 11 is 0. The molecule has 0 amide bonds. The average Bonchev–Trinajstić information content (AvgIpc) is 2.79. The van der Waals surface area contributed by atoms with E-state index in [4.69, 9.17) is 15.1 Å². The summed E-state index contributed by atoms with van der Waals surface area (Å²) in [6, 6.07) is 2.01. The van der Waals surface area contributed by atoms with Crippen LogP contribution in [0.25, 0.3) is 0 Å². The van der Waals surface area contributed by atoms with Crippen molar-refractivity contribution in [3.05, 3.63) is 17.0 Å². The number of esters is 1. The molecule has 1 aliphatic carbocycles. The minimum atomic E-state index is -0.907. The van der Waals surface area contributed by atoms with Crippen molar-refractivity contribution in [2.75, 3.05) is 6.61 Å². The average molecular weight is 291 g/mol. The monoisotopic (exact) mass is 291 g/mol. The molecule has 0 aliphatic heterocycles. The highest BCUT2D eigenvalue weighted by atomic mass is 16.5. The number of nitriles is 1. The molecule has 0 saturated heterocycles. The quantitative estimate of drug-likeness (QED) is 0.824. The summed E-state index contributed by atoms with van der Waals surface area (Å²) in [5.41, 5.74) is 1.60. The standard InChI is InChI=1S/C14H17N3O4/c1-2-21-14(20)13-12-9(8-11(18)19)4-3-5-10(12)17(16-13)7-6-15/h9H,2-5,7-8H2,1H3,(H,18,19). The lowest BCUT2D eigenvalue weighted by Crippen LogP contribution is -2.17. The van der Waals surface area contributed by atoms with Crippen LogP contribution in [0.3, 0.4) is 0 Å². The number of aliphatic carboxylic acids is 1. The van der Waals surface area contributed by atoms with Crippen molar-refractivity contribution >= 4 is 11.9 Å². The second kappa shape index (κ2) is 6.39. The van der Waals surface area contributed by atoms with Crippen molar-refractivity contribution in [3.8, 4) is 6.07 Å². The molecule has 7 heteroatoms. The van der Waals surface area contributed by atoms with Gasteiger partial charge in [-0.1, -0.05) is 0 Å². The van der Waals surface area contributed by atoms with E-state index in [1.165, 1.54) is 4.68 Å². The van der Waals surface area contributed by atoms with E-state index >= 15 is 0 Å². The molecule has 0 aromatic carbocycles. The molecular weight excluding hydrogens is 274 g/mol. The molecule has 2 rings (SSSR count). The highest BCUT2D eigenvalue weighted by Crippen LogP contribution is 2.36. The third-order valence-corrected chi connectivity index (χ3v) is 3.58. The summed E-state index contributed by atoms with van der Waals surface area (Å²) in [7, 11) is 0. The fourth-order valence-corrected chi connectivity index (χ4v) is 2.83. The number of hydrogen-bond acceptors (Lipinski definition) is 5. The first-order valence-corrected chi connectivity index (χ1v) is 6.93. The summed E-state index contributed by atoms with van der Waals surface area (Å²) in [5.74, 6) is -1.71. The first-order valence-electron chi connectivity index (χ1n) is 6.93. The Balaban J connectivity index is 2.47. The van der Waals surface area contributed by atoms with Crippen molar-refractivity contribution in [3.63, 3.8) is 0 Å². The van der Waals surface area contributed by atoms with E-state index in [1.54, 1.807) is 6.92 Å². The van der Waals surface area contributed by atoms with E-state index in [0.29, 0.717) is 18.4 Å². The summed E-state index contributed by atoms with van der Waals surface area (Å²) in [5, 5.41) is 22.1. The van der Waals surface area contributed by atoms with Crippen molar-refractivity contribution < 1.29 is 19.4 Å². The van der Waals surface area contributed by atoms with Gasteiger partial charge in [-0.15, -0.1) is 0 Å². The zero-order chi connectivity index (χ0) is 15.4. The van der Waals surface area contributed by atoms with Gasteiger partial charge in [0.05, 0.1) is 19.1 Å². The third kappa shape index (κ3) is 3.05. The highest BCUT2D eigenvalue weighted by molar-refractivity contribution is 5.90. The number of carboxylic acid groups (broad SMARTS) is 1. The van der Waals surface area contributed by atoms with Crippen molar-refractivity contribution in [1.82, 2.24) is 9.78 Å². The Kier molecular flexibility index (Phi) is 4.58. The molecule has 1 aromatic rings. The zero-order valence-electron chi connectivity index (χ0n) is 11.8. The maximum Gasteiger partial charge on any atom is 0.359 e. The topological polar surface area (TPSA) is 105 Å². The minimum Gasteiger partial charge on any atom is -0.481 e. The van der Waals surface area contributed by atoms with E-state index in [1.807, 2.05) is 6.07 Å². The Bertz CT molecular complexity index is 600. The van der Waals surface area contributed by atoms with E-state index in [2.05, 4.69) is 5.10 Å². The second-order valence-electron chi connectivity index (χ2n) is 4.93. The summed E-state index contributed by atoms with van der Waals surface area (Å²) < 4.78 is 6.49. The molecule has 1 aromatic heterocycles. The van der Waals surface area contributed by atoms with Crippen LogP contribution in [-0.2, 0) is 22.5 Å². The normalized spacial score (nSPS) is 16.9. The molecule has 1 aliphatic rings. The summed E-state index contributed by atoms with van der Waals surface area (Å²) in [4.78, 5) is 23.1. The number of ether oxygens (including phenoxy) is 1. The lowest BCUT2D eigenvalue weighted by Gasteiger charge is -2.22. The molecule has 1 N–H and O–H groups in total. The minimum absolute atomic E-state index is 0.0432. The fourth-order valence-electron chi connectivity index (χ4n) is 2.83. The van der Waals surface area contributed by atoms with Gasteiger partial charge in [-0.2, -0.15) is 10.4 Å². The predicted molar refractivity (Wildman–Crippen MR) is 71.7 cm³/mol. The first-order chi connectivity index (χ1) is 10.1. The molecule has 1 atom stereocenters. The summed E-state index contributed by atoms with van der Waals surface area (Å²) in [6.07, 6.45) is 2.17. The van der Waals surface area contributed by atoms with Gasteiger partial charge >= 0.3 is 11.9 Å². The molecule has 0 saturated carbocycles. The Labute approximate surface area is 122 Å². The summed E-state index contributed by atoms with van der Waals surface area (Å²) in [6.45, 7) is 1.97. The van der Waals surface area contributed by atoms with E-state index in [9.17, 15) is 9.59 Å². The van der Waals surface area contributed by atoms with Crippen molar-refractivity contribution in [2.45, 2.75) is 45.1 Å². The maximum atomic E-state index is 12.0. The number of carbonyl (C=O) groups excluding carboxylic acids is 1. The fraction of sp³-hybridized carbons (Fsp3) is 0.571. The molecular formula is C14H17N3O4. The number of fused-ring (bicyclic) bond motifs is 1. The molecule has 112 valence electrons.